The Morgan fingerprint density at radius 3 is 2.81 bits per heavy atom. The smallest absolute Gasteiger partial charge is 0.312 e. The molecule has 0 atom stereocenters. The van der Waals surface area contributed by atoms with Gasteiger partial charge < -0.3 is 20.5 Å². The van der Waals surface area contributed by atoms with Gasteiger partial charge in [-0.2, -0.15) is 0 Å². The van der Waals surface area contributed by atoms with E-state index >= 15 is 0 Å². The van der Waals surface area contributed by atoms with Gasteiger partial charge in [0.05, 0.1) is 13.7 Å². The standard InChI is InChI=1S/C11H16N2O3/c1-8-3-4-9(10(7-8)15-2)16-6-5-13-11(12)14/h3-4,7H,5-6H2,1-2H3,(H3,12,13,14). The number of urea groups is 1. The first-order chi connectivity index (χ1) is 7.63. The van der Waals surface area contributed by atoms with E-state index in [1.807, 2.05) is 25.1 Å². The number of benzene rings is 1. The van der Waals surface area contributed by atoms with E-state index < -0.39 is 6.03 Å². The molecule has 0 bridgehead atoms. The molecule has 0 aliphatic heterocycles. The van der Waals surface area contributed by atoms with Crippen LogP contribution in [0.15, 0.2) is 18.2 Å². The van der Waals surface area contributed by atoms with Crippen molar-refractivity contribution in [1.82, 2.24) is 5.32 Å². The number of hydrogen-bond donors (Lipinski definition) is 2. The van der Waals surface area contributed by atoms with Gasteiger partial charge in [-0.1, -0.05) is 6.07 Å². The zero-order valence-corrected chi connectivity index (χ0v) is 9.45. The third-order valence-corrected chi connectivity index (χ3v) is 1.98. The first kappa shape index (κ1) is 12.2. The number of carbonyl (C=O) groups excluding carboxylic acids is 1. The lowest BCUT2D eigenvalue weighted by Gasteiger charge is -2.11. The first-order valence-corrected chi connectivity index (χ1v) is 4.94. The molecule has 0 saturated heterocycles. The number of carbonyl (C=O) groups is 1. The zero-order chi connectivity index (χ0) is 12.0. The number of ether oxygens (including phenoxy) is 2. The van der Waals surface area contributed by atoms with Gasteiger partial charge in [0.25, 0.3) is 0 Å². The molecule has 1 aromatic rings. The summed E-state index contributed by atoms with van der Waals surface area (Å²) in [6.45, 7) is 2.69. The van der Waals surface area contributed by atoms with Gasteiger partial charge in [-0.15, -0.1) is 0 Å². The van der Waals surface area contributed by atoms with Gasteiger partial charge in [-0.3, -0.25) is 0 Å². The van der Waals surface area contributed by atoms with Crippen molar-refractivity contribution in [2.45, 2.75) is 6.92 Å². The van der Waals surface area contributed by atoms with Gasteiger partial charge in [0.2, 0.25) is 0 Å². The Labute approximate surface area is 94.5 Å². The second kappa shape index (κ2) is 5.85. The van der Waals surface area contributed by atoms with Crippen LogP contribution in [0.3, 0.4) is 0 Å². The summed E-state index contributed by atoms with van der Waals surface area (Å²) in [4.78, 5) is 10.4. The Morgan fingerprint density at radius 1 is 1.44 bits per heavy atom. The van der Waals surface area contributed by atoms with Crippen LogP contribution in [0, 0.1) is 6.92 Å². The monoisotopic (exact) mass is 224 g/mol. The molecule has 5 heteroatoms. The van der Waals surface area contributed by atoms with Crippen molar-refractivity contribution >= 4 is 6.03 Å². The summed E-state index contributed by atoms with van der Waals surface area (Å²) in [6, 6.07) is 5.09. The maximum Gasteiger partial charge on any atom is 0.312 e. The van der Waals surface area contributed by atoms with Crippen molar-refractivity contribution < 1.29 is 14.3 Å². The molecule has 1 aromatic carbocycles. The van der Waals surface area contributed by atoms with Crippen molar-refractivity contribution in [3.05, 3.63) is 23.8 Å². The van der Waals surface area contributed by atoms with E-state index in [0.29, 0.717) is 24.7 Å². The molecule has 88 valence electrons. The van der Waals surface area contributed by atoms with Crippen molar-refractivity contribution in [3.8, 4) is 11.5 Å². The summed E-state index contributed by atoms with van der Waals surface area (Å²) in [7, 11) is 1.59. The van der Waals surface area contributed by atoms with Crippen LogP contribution in [-0.4, -0.2) is 26.3 Å². The fraction of sp³-hybridized carbons (Fsp3) is 0.364. The van der Waals surface area contributed by atoms with Crippen LogP contribution in [0.5, 0.6) is 11.5 Å². The van der Waals surface area contributed by atoms with Crippen LogP contribution >= 0.6 is 0 Å². The van der Waals surface area contributed by atoms with Crippen LogP contribution in [0.2, 0.25) is 0 Å². The molecule has 5 nitrogen and oxygen atoms in total. The molecule has 0 fully saturated rings. The Balaban J connectivity index is 2.50. The van der Waals surface area contributed by atoms with E-state index in [-0.39, 0.29) is 0 Å². The lowest BCUT2D eigenvalue weighted by Crippen LogP contribution is -2.32. The Morgan fingerprint density at radius 2 is 2.19 bits per heavy atom. The van der Waals surface area contributed by atoms with Crippen molar-refractivity contribution in [2.75, 3.05) is 20.3 Å². The highest BCUT2D eigenvalue weighted by atomic mass is 16.5. The molecule has 0 saturated carbocycles. The molecule has 16 heavy (non-hydrogen) atoms. The van der Waals surface area contributed by atoms with E-state index in [2.05, 4.69) is 5.32 Å². The third-order valence-electron chi connectivity index (χ3n) is 1.98. The molecule has 3 N–H and O–H groups in total. The minimum atomic E-state index is -0.556. The second-order valence-electron chi connectivity index (χ2n) is 3.29. The number of nitrogens with one attached hydrogen (secondary N) is 1. The van der Waals surface area contributed by atoms with E-state index in [1.165, 1.54) is 0 Å². The maximum absolute atomic E-state index is 10.4. The largest absolute Gasteiger partial charge is 0.493 e. The molecule has 0 unspecified atom stereocenters. The van der Waals surface area contributed by atoms with Gasteiger partial charge in [-0.05, 0) is 24.6 Å². The average molecular weight is 224 g/mol. The minimum Gasteiger partial charge on any atom is -0.493 e. The number of amides is 2. The predicted octanol–water partition coefficient (Wildman–Crippen LogP) is 1.05. The molecule has 0 radical (unpaired) electrons. The zero-order valence-electron chi connectivity index (χ0n) is 9.45. The van der Waals surface area contributed by atoms with Gasteiger partial charge in [0, 0.05) is 0 Å². The maximum atomic E-state index is 10.4. The number of rotatable bonds is 5. The SMILES string of the molecule is COc1cc(C)ccc1OCCNC(N)=O. The quantitative estimate of drug-likeness (QED) is 0.734. The Bertz CT molecular complexity index is 366. The highest BCUT2D eigenvalue weighted by Gasteiger charge is 2.03. The summed E-state index contributed by atoms with van der Waals surface area (Å²) in [6.07, 6.45) is 0. The van der Waals surface area contributed by atoms with E-state index in [9.17, 15) is 4.79 Å². The number of aryl methyl sites for hydroxylation is 1. The number of nitrogens with two attached hydrogens (primary N) is 1. The molecule has 0 aliphatic rings. The van der Waals surface area contributed by atoms with Gasteiger partial charge in [0.15, 0.2) is 11.5 Å². The average Bonchev–Trinajstić information content (AvgIpc) is 2.25. The molecule has 1 rings (SSSR count). The van der Waals surface area contributed by atoms with Crippen molar-refractivity contribution in [2.24, 2.45) is 5.73 Å². The van der Waals surface area contributed by atoms with Crippen molar-refractivity contribution in [1.29, 1.82) is 0 Å². The normalized spacial score (nSPS) is 9.62. The highest BCUT2D eigenvalue weighted by molar-refractivity contribution is 5.71. The summed E-state index contributed by atoms with van der Waals surface area (Å²) < 4.78 is 10.6. The second-order valence-corrected chi connectivity index (χ2v) is 3.29. The van der Waals surface area contributed by atoms with Gasteiger partial charge in [-0.25, -0.2) is 4.79 Å². The summed E-state index contributed by atoms with van der Waals surface area (Å²) in [5.41, 5.74) is 6.01. The van der Waals surface area contributed by atoms with Gasteiger partial charge in [0.1, 0.15) is 6.61 Å². The fourth-order valence-corrected chi connectivity index (χ4v) is 1.23. The number of primary amides is 1. The molecule has 0 heterocycles. The highest BCUT2D eigenvalue weighted by Crippen LogP contribution is 2.27. The minimum absolute atomic E-state index is 0.350. The Kier molecular flexibility index (Phi) is 4.44. The van der Waals surface area contributed by atoms with Gasteiger partial charge >= 0.3 is 6.03 Å². The van der Waals surface area contributed by atoms with Crippen LogP contribution < -0.4 is 20.5 Å². The van der Waals surface area contributed by atoms with E-state index in [1.54, 1.807) is 7.11 Å². The molecular formula is C11H16N2O3. The molecular weight excluding hydrogens is 208 g/mol. The van der Waals surface area contributed by atoms with Crippen LogP contribution in [0.25, 0.3) is 0 Å². The third kappa shape index (κ3) is 3.68. The molecule has 0 spiro atoms. The molecule has 0 aliphatic carbocycles. The molecule has 2 amide bonds. The topological polar surface area (TPSA) is 73.6 Å². The molecule has 0 aromatic heterocycles. The summed E-state index contributed by atoms with van der Waals surface area (Å²) >= 11 is 0. The van der Waals surface area contributed by atoms with E-state index in [0.717, 1.165) is 5.56 Å². The first-order valence-electron chi connectivity index (χ1n) is 4.94. The van der Waals surface area contributed by atoms with Crippen LogP contribution in [-0.2, 0) is 0 Å². The number of hydrogen-bond acceptors (Lipinski definition) is 3. The van der Waals surface area contributed by atoms with E-state index in [4.69, 9.17) is 15.2 Å². The van der Waals surface area contributed by atoms with Crippen molar-refractivity contribution in [3.63, 3.8) is 0 Å². The summed E-state index contributed by atoms with van der Waals surface area (Å²) in [5.74, 6) is 1.33. The van der Waals surface area contributed by atoms with Crippen LogP contribution in [0.4, 0.5) is 4.79 Å². The fourth-order valence-electron chi connectivity index (χ4n) is 1.23. The number of methoxy groups -OCH3 is 1. The Hall–Kier alpha value is -1.91. The summed E-state index contributed by atoms with van der Waals surface area (Å²) in [5, 5.41) is 2.44. The lowest BCUT2D eigenvalue weighted by atomic mass is 10.2. The lowest BCUT2D eigenvalue weighted by molar-refractivity contribution is 0.243. The van der Waals surface area contributed by atoms with Crippen LogP contribution in [0.1, 0.15) is 5.56 Å². The predicted molar refractivity (Wildman–Crippen MR) is 60.8 cm³/mol.